The van der Waals surface area contributed by atoms with Crippen LogP contribution in [0.1, 0.15) is 44.2 Å². The minimum atomic E-state index is -4.11. The average molecular weight is 300 g/mol. The van der Waals surface area contributed by atoms with Crippen LogP contribution in [0.25, 0.3) is 0 Å². The van der Waals surface area contributed by atoms with E-state index in [-0.39, 0.29) is 18.8 Å². The Balaban J connectivity index is 1.93. The highest BCUT2D eigenvalue weighted by Crippen LogP contribution is 2.56. The number of benzene rings is 1. The first-order valence-corrected chi connectivity index (χ1v) is 6.93. The Kier molecular flexibility index (Phi) is 4.04. The summed E-state index contributed by atoms with van der Waals surface area (Å²) in [5.74, 6) is -1.98. The van der Waals surface area contributed by atoms with E-state index in [0.29, 0.717) is 5.56 Å². The van der Waals surface area contributed by atoms with Gasteiger partial charge in [-0.25, -0.2) is 0 Å². The summed E-state index contributed by atoms with van der Waals surface area (Å²) >= 11 is 0. The molecule has 1 aliphatic carbocycles. The molecule has 0 saturated heterocycles. The zero-order chi connectivity index (χ0) is 15.8. The van der Waals surface area contributed by atoms with Gasteiger partial charge in [-0.1, -0.05) is 24.3 Å². The van der Waals surface area contributed by atoms with Crippen molar-refractivity contribution in [3.05, 3.63) is 35.4 Å². The molecule has 0 unspecified atom stereocenters. The normalized spacial score (nSPS) is 22.0. The van der Waals surface area contributed by atoms with Gasteiger partial charge in [0.05, 0.1) is 12.3 Å². The van der Waals surface area contributed by atoms with Crippen LogP contribution in [0, 0.1) is 5.92 Å². The fourth-order valence-corrected chi connectivity index (χ4v) is 2.35. The van der Waals surface area contributed by atoms with Gasteiger partial charge in [0.2, 0.25) is 0 Å². The zero-order valence-corrected chi connectivity index (χ0v) is 12.3. The van der Waals surface area contributed by atoms with E-state index >= 15 is 0 Å². The molecule has 21 heavy (non-hydrogen) atoms. The second-order valence-electron chi connectivity index (χ2n) is 6.50. The molecule has 1 fully saturated rings. The van der Waals surface area contributed by atoms with Crippen molar-refractivity contribution in [1.29, 1.82) is 0 Å². The number of esters is 1. The maximum atomic E-state index is 12.5. The third-order valence-corrected chi connectivity index (χ3v) is 3.39. The molecule has 2 rings (SSSR count). The van der Waals surface area contributed by atoms with Crippen LogP contribution < -0.4 is 0 Å². The molecule has 0 N–H and O–H groups in total. The van der Waals surface area contributed by atoms with Crippen LogP contribution in [-0.2, 0) is 16.0 Å². The first-order valence-electron chi connectivity index (χ1n) is 6.93. The van der Waals surface area contributed by atoms with Crippen molar-refractivity contribution >= 4 is 5.97 Å². The molecular formula is C16H19F3O2. The van der Waals surface area contributed by atoms with Gasteiger partial charge in [-0.3, -0.25) is 4.79 Å². The summed E-state index contributed by atoms with van der Waals surface area (Å²) < 4.78 is 42.8. The first-order chi connectivity index (χ1) is 9.56. The Morgan fingerprint density at radius 1 is 1.19 bits per heavy atom. The molecule has 2 atom stereocenters. The van der Waals surface area contributed by atoms with Crippen molar-refractivity contribution in [2.24, 2.45) is 5.92 Å². The van der Waals surface area contributed by atoms with E-state index in [9.17, 15) is 18.0 Å². The lowest BCUT2D eigenvalue weighted by atomic mass is 10.0. The van der Waals surface area contributed by atoms with Crippen LogP contribution >= 0.6 is 0 Å². The summed E-state index contributed by atoms with van der Waals surface area (Å²) in [4.78, 5) is 11.7. The number of carbonyl (C=O) groups is 1. The van der Waals surface area contributed by atoms with Crippen molar-refractivity contribution in [3.63, 3.8) is 0 Å². The number of alkyl halides is 3. The fourth-order valence-electron chi connectivity index (χ4n) is 2.35. The van der Waals surface area contributed by atoms with Gasteiger partial charge in [0, 0.05) is 0 Å². The van der Waals surface area contributed by atoms with E-state index in [4.69, 9.17) is 4.74 Å². The smallest absolute Gasteiger partial charge is 0.392 e. The third-order valence-electron chi connectivity index (χ3n) is 3.39. The molecule has 2 nitrogen and oxygen atoms in total. The molecule has 1 saturated carbocycles. The summed E-state index contributed by atoms with van der Waals surface area (Å²) in [5, 5.41) is 0. The highest BCUT2D eigenvalue weighted by molar-refractivity contribution is 5.73. The molecule has 1 aliphatic rings. The molecule has 0 aromatic heterocycles. The first kappa shape index (κ1) is 15.9. The van der Waals surface area contributed by atoms with Gasteiger partial charge in [-0.05, 0) is 44.2 Å². The highest BCUT2D eigenvalue weighted by Gasteiger charge is 2.55. The molecule has 0 radical (unpaired) electrons. The highest BCUT2D eigenvalue weighted by atomic mass is 19.4. The average Bonchev–Trinajstić information content (AvgIpc) is 3.06. The summed E-state index contributed by atoms with van der Waals surface area (Å²) in [5.41, 5.74) is 0.896. The molecule has 0 bridgehead atoms. The number of hydrogen-bond donors (Lipinski definition) is 0. The molecule has 1 aromatic carbocycles. The minimum absolute atomic E-state index is 0.130. The standard InChI is InChI=1S/C16H19F3O2/c1-15(2,3)21-14(20)8-10-4-6-11(7-5-10)12-9-13(12)16(17,18)19/h4-7,12-13H,8-9H2,1-3H3/t12-,13+/m0/s1. The van der Waals surface area contributed by atoms with Crippen LogP contribution in [0.4, 0.5) is 13.2 Å². The zero-order valence-electron chi connectivity index (χ0n) is 12.3. The van der Waals surface area contributed by atoms with Gasteiger partial charge < -0.3 is 4.74 Å². The van der Waals surface area contributed by atoms with E-state index in [1.165, 1.54) is 0 Å². The predicted octanol–water partition coefficient (Wildman–Crippen LogP) is 4.24. The van der Waals surface area contributed by atoms with Crippen LogP contribution in [-0.4, -0.2) is 17.7 Å². The van der Waals surface area contributed by atoms with Crippen molar-refractivity contribution in [3.8, 4) is 0 Å². The number of halogens is 3. The third kappa shape index (κ3) is 4.48. The van der Waals surface area contributed by atoms with Gasteiger partial charge >= 0.3 is 12.1 Å². The van der Waals surface area contributed by atoms with E-state index in [2.05, 4.69) is 0 Å². The molecule has 1 aromatic rings. The second-order valence-corrected chi connectivity index (χ2v) is 6.50. The van der Waals surface area contributed by atoms with Gasteiger partial charge in [0.1, 0.15) is 5.60 Å². The largest absolute Gasteiger partial charge is 0.460 e. The summed E-state index contributed by atoms with van der Waals surface area (Å²) in [6, 6.07) is 6.75. The number of rotatable bonds is 3. The van der Waals surface area contributed by atoms with Crippen molar-refractivity contribution in [1.82, 2.24) is 0 Å². The van der Waals surface area contributed by atoms with Gasteiger partial charge in [-0.2, -0.15) is 13.2 Å². The van der Waals surface area contributed by atoms with Gasteiger partial charge in [-0.15, -0.1) is 0 Å². The predicted molar refractivity (Wildman–Crippen MR) is 72.9 cm³/mol. The van der Waals surface area contributed by atoms with E-state index in [0.717, 1.165) is 5.56 Å². The topological polar surface area (TPSA) is 26.3 Å². The molecule has 0 amide bonds. The summed E-state index contributed by atoms with van der Waals surface area (Å²) in [6.07, 6.45) is -3.82. The molecule has 5 heteroatoms. The monoisotopic (exact) mass is 300 g/mol. The van der Waals surface area contributed by atoms with E-state index in [1.807, 2.05) is 0 Å². The van der Waals surface area contributed by atoms with E-state index in [1.54, 1.807) is 45.0 Å². The Labute approximate surface area is 122 Å². The quantitative estimate of drug-likeness (QED) is 0.781. The van der Waals surface area contributed by atoms with Crippen LogP contribution in [0.5, 0.6) is 0 Å². The van der Waals surface area contributed by atoms with E-state index < -0.39 is 23.6 Å². The number of carbonyl (C=O) groups excluding carboxylic acids is 1. The Hall–Kier alpha value is -1.52. The SMILES string of the molecule is CC(C)(C)OC(=O)Cc1ccc([C@@H]2C[C@H]2C(F)(F)F)cc1. The second kappa shape index (κ2) is 5.35. The Morgan fingerprint density at radius 3 is 2.19 bits per heavy atom. The molecule has 0 aliphatic heterocycles. The molecular weight excluding hydrogens is 281 g/mol. The summed E-state index contributed by atoms with van der Waals surface area (Å²) in [6.45, 7) is 5.37. The van der Waals surface area contributed by atoms with Gasteiger partial charge in [0.15, 0.2) is 0 Å². The summed E-state index contributed by atoms with van der Waals surface area (Å²) in [7, 11) is 0. The van der Waals surface area contributed by atoms with Crippen molar-refractivity contribution in [2.45, 2.75) is 51.3 Å². The van der Waals surface area contributed by atoms with Crippen LogP contribution in [0.15, 0.2) is 24.3 Å². The minimum Gasteiger partial charge on any atom is -0.460 e. The van der Waals surface area contributed by atoms with Crippen LogP contribution in [0.2, 0.25) is 0 Å². The lowest BCUT2D eigenvalue weighted by Crippen LogP contribution is -2.24. The van der Waals surface area contributed by atoms with Crippen molar-refractivity contribution in [2.75, 3.05) is 0 Å². The van der Waals surface area contributed by atoms with Gasteiger partial charge in [0.25, 0.3) is 0 Å². The fraction of sp³-hybridized carbons (Fsp3) is 0.562. The Morgan fingerprint density at radius 2 is 1.76 bits per heavy atom. The van der Waals surface area contributed by atoms with Crippen LogP contribution in [0.3, 0.4) is 0 Å². The Bertz CT molecular complexity index is 512. The number of ether oxygens (including phenoxy) is 1. The lowest BCUT2D eigenvalue weighted by molar-refractivity contribution is -0.154. The van der Waals surface area contributed by atoms with Crippen molar-refractivity contribution < 1.29 is 22.7 Å². The molecule has 0 heterocycles. The maximum absolute atomic E-state index is 12.5. The maximum Gasteiger partial charge on any atom is 0.392 e. The molecule has 116 valence electrons. The number of hydrogen-bond acceptors (Lipinski definition) is 2. The molecule has 0 spiro atoms. The lowest BCUT2D eigenvalue weighted by Gasteiger charge is -2.19.